The predicted octanol–water partition coefficient (Wildman–Crippen LogP) is 3.07. The monoisotopic (exact) mass is 257 g/mol. The van der Waals surface area contributed by atoms with Crippen molar-refractivity contribution in [3.05, 3.63) is 23.8 Å². The summed E-state index contributed by atoms with van der Waals surface area (Å²) in [6.07, 6.45) is 2.01. The number of fused-ring (bicyclic) bond motifs is 3. The molecule has 4 nitrogen and oxygen atoms in total. The molecule has 0 atom stereocenters. The van der Waals surface area contributed by atoms with Gasteiger partial charge in [-0.1, -0.05) is 0 Å². The molecule has 0 saturated carbocycles. The lowest BCUT2D eigenvalue weighted by Gasteiger charge is -2.31. The Labute approximate surface area is 111 Å². The molecule has 0 saturated heterocycles. The summed E-state index contributed by atoms with van der Waals surface area (Å²) in [6.45, 7) is 4.48. The SMILES string of the molecule is CC1(C)CCc2cc3cc4c(cc3nc2O1)OCO4. The molecule has 2 aliphatic rings. The van der Waals surface area contributed by atoms with Gasteiger partial charge < -0.3 is 14.2 Å². The lowest BCUT2D eigenvalue weighted by Crippen LogP contribution is -2.33. The van der Waals surface area contributed by atoms with E-state index in [0.717, 1.165) is 41.1 Å². The van der Waals surface area contributed by atoms with Gasteiger partial charge in [0.1, 0.15) is 5.60 Å². The molecule has 2 aliphatic heterocycles. The molecule has 3 heterocycles. The van der Waals surface area contributed by atoms with Gasteiger partial charge >= 0.3 is 0 Å². The molecule has 4 heteroatoms. The summed E-state index contributed by atoms with van der Waals surface area (Å²) in [6, 6.07) is 6.06. The maximum atomic E-state index is 5.96. The highest BCUT2D eigenvalue weighted by Crippen LogP contribution is 2.39. The normalized spacial score (nSPS) is 19.1. The summed E-state index contributed by atoms with van der Waals surface area (Å²) in [5, 5.41) is 1.08. The zero-order valence-corrected chi connectivity index (χ0v) is 11.0. The van der Waals surface area contributed by atoms with E-state index in [2.05, 4.69) is 24.9 Å². The average Bonchev–Trinajstić information content (AvgIpc) is 2.79. The predicted molar refractivity (Wildman–Crippen MR) is 70.9 cm³/mol. The van der Waals surface area contributed by atoms with Crippen molar-refractivity contribution in [2.45, 2.75) is 32.3 Å². The minimum absolute atomic E-state index is 0.135. The fraction of sp³-hybridized carbons (Fsp3) is 0.400. The van der Waals surface area contributed by atoms with E-state index in [1.54, 1.807) is 0 Å². The van der Waals surface area contributed by atoms with Gasteiger partial charge in [-0.3, -0.25) is 0 Å². The second kappa shape index (κ2) is 3.53. The molecule has 0 N–H and O–H groups in total. The Morgan fingerprint density at radius 1 is 1.11 bits per heavy atom. The lowest BCUT2D eigenvalue weighted by atomic mass is 9.95. The summed E-state index contributed by atoms with van der Waals surface area (Å²) < 4.78 is 16.8. The zero-order chi connectivity index (χ0) is 13.0. The molecular formula is C15H15NO3. The first-order chi connectivity index (χ1) is 9.11. The van der Waals surface area contributed by atoms with E-state index >= 15 is 0 Å². The summed E-state index contributed by atoms with van der Waals surface area (Å²) in [4.78, 5) is 4.63. The van der Waals surface area contributed by atoms with E-state index in [1.807, 2.05) is 12.1 Å². The van der Waals surface area contributed by atoms with Crippen molar-refractivity contribution in [1.29, 1.82) is 0 Å². The molecule has 0 radical (unpaired) electrons. The van der Waals surface area contributed by atoms with Crippen LogP contribution in [0.2, 0.25) is 0 Å². The fourth-order valence-electron chi connectivity index (χ4n) is 2.61. The topological polar surface area (TPSA) is 40.6 Å². The first-order valence-corrected chi connectivity index (χ1v) is 6.53. The van der Waals surface area contributed by atoms with Crippen LogP contribution in [0.15, 0.2) is 18.2 Å². The number of hydrogen-bond acceptors (Lipinski definition) is 4. The van der Waals surface area contributed by atoms with E-state index in [0.29, 0.717) is 0 Å². The molecular weight excluding hydrogens is 242 g/mol. The number of aromatic nitrogens is 1. The maximum Gasteiger partial charge on any atom is 0.231 e. The minimum atomic E-state index is -0.135. The highest BCUT2D eigenvalue weighted by atomic mass is 16.7. The van der Waals surface area contributed by atoms with Crippen LogP contribution in [0.1, 0.15) is 25.8 Å². The van der Waals surface area contributed by atoms with Crippen LogP contribution in [0.25, 0.3) is 10.9 Å². The van der Waals surface area contributed by atoms with Gasteiger partial charge in [0, 0.05) is 17.0 Å². The third-order valence-corrected chi connectivity index (χ3v) is 3.72. The van der Waals surface area contributed by atoms with Crippen molar-refractivity contribution in [2.24, 2.45) is 0 Å². The van der Waals surface area contributed by atoms with Crippen LogP contribution in [-0.2, 0) is 6.42 Å². The average molecular weight is 257 g/mol. The molecule has 19 heavy (non-hydrogen) atoms. The lowest BCUT2D eigenvalue weighted by molar-refractivity contribution is 0.0789. The van der Waals surface area contributed by atoms with Gasteiger partial charge in [0.05, 0.1) is 5.52 Å². The van der Waals surface area contributed by atoms with Crippen molar-refractivity contribution < 1.29 is 14.2 Å². The Kier molecular flexibility index (Phi) is 2.03. The number of pyridine rings is 1. The van der Waals surface area contributed by atoms with Gasteiger partial charge in [-0.2, -0.15) is 0 Å². The molecule has 0 aliphatic carbocycles. The Balaban J connectivity index is 1.89. The first kappa shape index (κ1) is 10.9. The Hall–Kier alpha value is -1.97. The number of aryl methyl sites for hydroxylation is 1. The quantitative estimate of drug-likeness (QED) is 0.727. The molecule has 0 fully saturated rings. The van der Waals surface area contributed by atoms with Gasteiger partial charge in [0.25, 0.3) is 0 Å². The van der Waals surface area contributed by atoms with Gasteiger partial charge in [0.15, 0.2) is 11.5 Å². The standard InChI is InChI=1S/C15H15NO3/c1-15(2)4-3-9-5-10-6-12-13(18-8-17-12)7-11(10)16-14(9)19-15/h5-7H,3-4,8H2,1-2H3. The smallest absolute Gasteiger partial charge is 0.231 e. The van der Waals surface area contributed by atoms with Crippen molar-refractivity contribution in [3.63, 3.8) is 0 Å². The fourth-order valence-corrected chi connectivity index (χ4v) is 2.61. The second-order valence-corrected chi connectivity index (χ2v) is 5.71. The van der Waals surface area contributed by atoms with Crippen LogP contribution < -0.4 is 14.2 Å². The van der Waals surface area contributed by atoms with Gasteiger partial charge in [0.2, 0.25) is 12.7 Å². The highest BCUT2D eigenvalue weighted by Gasteiger charge is 2.28. The van der Waals surface area contributed by atoms with Crippen LogP contribution in [0.3, 0.4) is 0 Å². The summed E-state index contributed by atoms with van der Waals surface area (Å²) in [7, 11) is 0. The summed E-state index contributed by atoms with van der Waals surface area (Å²) >= 11 is 0. The van der Waals surface area contributed by atoms with Crippen LogP contribution in [0.5, 0.6) is 17.4 Å². The number of nitrogens with zero attached hydrogens (tertiary/aromatic N) is 1. The Morgan fingerprint density at radius 2 is 1.89 bits per heavy atom. The molecule has 2 aromatic rings. The van der Waals surface area contributed by atoms with Crippen molar-refractivity contribution >= 4 is 10.9 Å². The molecule has 0 spiro atoms. The second-order valence-electron chi connectivity index (χ2n) is 5.71. The molecule has 0 amide bonds. The zero-order valence-electron chi connectivity index (χ0n) is 11.0. The first-order valence-electron chi connectivity index (χ1n) is 6.53. The van der Waals surface area contributed by atoms with Crippen LogP contribution in [-0.4, -0.2) is 17.4 Å². The van der Waals surface area contributed by atoms with Gasteiger partial charge in [-0.15, -0.1) is 0 Å². The Morgan fingerprint density at radius 3 is 2.74 bits per heavy atom. The number of benzene rings is 1. The molecule has 0 unspecified atom stereocenters. The summed E-state index contributed by atoms with van der Waals surface area (Å²) in [5.41, 5.74) is 1.93. The van der Waals surface area contributed by atoms with Crippen LogP contribution in [0.4, 0.5) is 0 Å². The van der Waals surface area contributed by atoms with Crippen LogP contribution in [0, 0.1) is 0 Å². The van der Waals surface area contributed by atoms with Gasteiger partial charge in [-0.25, -0.2) is 4.98 Å². The minimum Gasteiger partial charge on any atom is -0.471 e. The van der Waals surface area contributed by atoms with E-state index in [9.17, 15) is 0 Å². The third kappa shape index (κ3) is 1.70. The number of ether oxygens (including phenoxy) is 3. The molecule has 1 aromatic heterocycles. The highest BCUT2D eigenvalue weighted by molar-refractivity contribution is 5.84. The van der Waals surface area contributed by atoms with E-state index < -0.39 is 0 Å². The molecule has 0 bridgehead atoms. The van der Waals surface area contributed by atoms with E-state index in [4.69, 9.17) is 14.2 Å². The number of rotatable bonds is 0. The largest absolute Gasteiger partial charge is 0.471 e. The van der Waals surface area contributed by atoms with Crippen molar-refractivity contribution in [2.75, 3.05) is 6.79 Å². The number of hydrogen-bond donors (Lipinski definition) is 0. The van der Waals surface area contributed by atoms with Crippen LogP contribution >= 0.6 is 0 Å². The maximum absolute atomic E-state index is 5.96. The van der Waals surface area contributed by atoms with E-state index in [-0.39, 0.29) is 12.4 Å². The Bertz CT molecular complexity index is 679. The summed E-state index contributed by atoms with van der Waals surface area (Å²) in [5.74, 6) is 2.31. The molecule has 1 aromatic carbocycles. The van der Waals surface area contributed by atoms with Crippen molar-refractivity contribution in [3.8, 4) is 17.4 Å². The van der Waals surface area contributed by atoms with Gasteiger partial charge in [-0.05, 0) is 38.8 Å². The third-order valence-electron chi connectivity index (χ3n) is 3.72. The van der Waals surface area contributed by atoms with Crippen molar-refractivity contribution in [1.82, 2.24) is 4.98 Å². The molecule has 4 rings (SSSR count). The molecule has 98 valence electrons. The van der Waals surface area contributed by atoms with E-state index in [1.165, 1.54) is 5.56 Å².